The van der Waals surface area contributed by atoms with Crippen molar-refractivity contribution < 1.29 is 157 Å². The van der Waals surface area contributed by atoms with Crippen LogP contribution in [0.4, 0.5) is 9.59 Å². The summed E-state index contributed by atoms with van der Waals surface area (Å²) in [5, 5.41) is 10.2. The minimum atomic E-state index is -0.266. The fraction of sp³-hybridized carbons (Fsp3) is 0.580. The van der Waals surface area contributed by atoms with E-state index in [9.17, 15) is 19.2 Å². The molecule has 2 amide bonds. The van der Waals surface area contributed by atoms with Gasteiger partial charge in [0.1, 0.15) is 18.5 Å². The first-order valence-electron chi connectivity index (χ1n) is 23.4. The molecule has 72 heavy (non-hydrogen) atoms. The predicted molar refractivity (Wildman–Crippen MR) is 276 cm³/mol. The number of alkyl halides is 1. The van der Waals surface area contributed by atoms with Crippen LogP contribution in [0.15, 0.2) is 73.8 Å². The largest absolute Gasteiger partial charge is 1.00 e. The molecule has 0 bridgehead atoms. The van der Waals surface area contributed by atoms with E-state index in [1.54, 1.807) is 17.1 Å². The zero-order valence-corrected chi connectivity index (χ0v) is 53.1. The second-order valence-electron chi connectivity index (χ2n) is 17.5. The van der Waals surface area contributed by atoms with E-state index in [-0.39, 0.29) is 178 Å². The second-order valence-corrected chi connectivity index (χ2v) is 18.9. The third-order valence-electron chi connectivity index (χ3n) is 12.7. The summed E-state index contributed by atoms with van der Waals surface area (Å²) in [6.07, 6.45) is 11.1. The van der Waals surface area contributed by atoms with Crippen LogP contribution in [-0.2, 0) is 51.1 Å². The molecule has 4 atom stereocenters. The summed E-state index contributed by atoms with van der Waals surface area (Å²) >= 11 is 15.0. The molecule has 4 aliphatic heterocycles. The van der Waals surface area contributed by atoms with E-state index in [1.165, 1.54) is 38.2 Å². The molecule has 4 heterocycles. The van der Waals surface area contributed by atoms with Crippen LogP contribution in [0.25, 0.3) is 0 Å². The van der Waals surface area contributed by atoms with Crippen molar-refractivity contribution in [1.29, 1.82) is 0 Å². The van der Waals surface area contributed by atoms with Gasteiger partial charge in [0, 0.05) is 86.1 Å². The van der Waals surface area contributed by atoms with Crippen LogP contribution < -0.4 is 108 Å². The molecular weight excluding hydrogens is 1110 g/mol. The Balaban J connectivity index is 0. The molecule has 4 aliphatic rings. The van der Waals surface area contributed by atoms with Crippen molar-refractivity contribution >= 4 is 82.1 Å². The minimum Gasteiger partial charge on any atom is -1.00 e. The fourth-order valence-corrected chi connectivity index (χ4v) is 9.64. The molecule has 0 aliphatic carbocycles. The molecule has 0 radical (unpaired) electrons. The van der Waals surface area contributed by atoms with Crippen molar-refractivity contribution in [3.8, 4) is 0 Å². The molecule has 6 rings (SSSR count). The third-order valence-corrected chi connectivity index (χ3v) is 13.7. The van der Waals surface area contributed by atoms with Crippen LogP contribution in [0.2, 0.25) is 10.0 Å². The Morgan fingerprint density at radius 2 is 1.11 bits per heavy atom. The van der Waals surface area contributed by atoms with E-state index in [2.05, 4.69) is 91.5 Å². The van der Waals surface area contributed by atoms with Crippen molar-refractivity contribution in [2.24, 2.45) is 5.92 Å². The van der Waals surface area contributed by atoms with E-state index in [0.717, 1.165) is 87.2 Å². The number of ether oxygens (including phenoxy) is 4. The number of halogens is 4. The van der Waals surface area contributed by atoms with Gasteiger partial charge in [-0.3, -0.25) is 29.1 Å². The molecule has 2 aromatic rings. The minimum absolute atomic E-state index is 0. The van der Waals surface area contributed by atoms with Gasteiger partial charge in [-0.1, -0.05) is 95.6 Å². The number of methoxy groups -OCH3 is 2. The van der Waals surface area contributed by atoms with E-state index in [0.29, 0.717) is 37.8 Å². The quantitative estimate of drug-likeness (QED) is 0.0390. The maximum Gasteiger partial charge on any atom is 1.00 e. The Morgan fingerprint density at radius 1 is 0.694 bits per heavy atom. The summed E-state index contributed by atoms with van der Waals surface area (Å²) < 4.78 is 19.5. The summed E-state index contributed by atoms with van der Waals surface area (Å²) in [7, 11) is 2.78. The summed E-state index contributed by atoms with van der Waals surface area (Å²) in [6, 6.07) is 18.3. The monoisotopic (exact) mass is 1180 g/mol. The van der Waals surface area contributed by atoms with Crippen LogP contribution in [0, 0.1) is 5.92 Å². The Kier molecular flexibility index (Phi) is 40.2. The van der Waals surface area contributed by atoms with Crippen LogP contribution >= 0.6 is 51.5 Å². The zero-order chi connectivity index (χ0) is 50.7. The van der Waals surface area contributed by atoms with Gasteiger partial charge in [0.15, 0.2) is 0 Å². The van der Waals surface area contributed by atoms with Crippen molar-refractivity contribution in [2.75, 3.05) is 85.1 Å². The van der Waals surface area contributed by atoms with Gasteiger partial charge in [-0.05, 0) is 99.6 Å². The molecule has 0 saturated carbocycles. The summed E-state index contributed by atoms with van der Waals surface area (Å²) in [6.45, 7) is 18.1. The molecular formula is C50H73BrCl3K2N5O11. The number of carbonyl (C=O) groups excluding carboxylic acids is 5. The van der Waals surface area contributed by atoms with Crippen molar-refractivity contribution in [3.05, 3.63) is 95.0 Å². The smallest absolute Gasteiger partial charge is 1.00 e. The number of amides is 2. The molecule has 394 valence electrons. The van der Waals surface area contributed by atoms with Crippen LogP contribution in [0.3, 0.4) is 0 Å². The Labute approximate surface area is 538 Å². The number of likely N-dealkylation sites (tertiary alicyclic amines) is 3. The summed E-state index contributed by atoms with van der Waals surface area (Å²) in [5.74, 6) is 0.291. The number of hydrogen-bond acceptors (Lipinski definition) is 14. The van der Waals surface area contributed by atoms with Crippen molar-refractivity contribution in [3.63, 3.8) is 0 Å². The van der Waals surface area contributed by atoms with Gasteiger partial charge in [-0.15, -0.1) is 12.4 Å². The van der Waals surface area contributed by atoms with E-state index >= 15 is 0 Å². The first-order valence-corrected chi connectivity index (χ1v) is 25.3. The normalized spacial score (nSPS) is 20.4. The van der Waals surface area contributed by atoms with Crippen molar-refractivity contribution in [1.82, 2.24) is 24.5 Å². The molecule has 4 fully saturated rings. The molecule has 0 aromatic heterocycles. The Bertz CT molecular complexity index is 1890. The van der Waals surface area contributed by atoms with Gasteiger partial charge in [0.25, 0.3) is 6.47 Å². The molecule has 0 N–H and O–H groups in total. The second kappa shape index (κ2) is 40.5. The molecule has 22 heteroatoms. The number of carbonyl (C=O) groups is 5. The molecule has 2 aromatic carbocycles. The Hall–Kier alpha value is -0.667. The molecule has 4 saturated heterocycles. The zero-order valence-electron chi connectivity index (χ0n) is 43.9. The van der Waals surface area contributed by atoms with Gasteiger partial charge in [0.2, 0.25) is 0 Å². The van der Waals surface area contributed by atoms with Gasteiger partial charge >= 0.3 is 127 Å². The first kappa shape index (κ1) is 71.3. The van der Waals surface area contributed by atoms with Crippen LogP contribution in [0.1, 0.15) is 64.9 Å². The maximum absolute atomic E-state index is 12.2. The number of esters is 2. The van der Waals surface area contributed by atoms with Gasteiger partial charge in [-0.25, -0.2) is 9.59 Å². The molecule has 16 nitrogen and oxygen atoms in total. The number of piperazine rings is 1. The standard InChI is InChI=1S/C24H34ClN3O4.C22H31ClN2O2.C3H5BrO2.CH2O3.ClH.2K.H/c1-4-13-32-24(30)26-11-9-21(10-12-26)28-15-18(2)27(17-23(29)31-3)16-22(28)14-19-5-7-20(25)8-6-19;1-3-14-27-22(26)24-12-10-20(11-13-24)25-16-17(2)4-9-21(25)15-18-5-7-19(23)8-6-18;1-6-3(5)2-4;2-1-4-3;;;;/h4-8,18,21-22H,1,9-17H2,2-3H3;3,5-8,17,20-21H,1,4,9-16H2,2H3;2H2,1H3;1,3H;1H;;;/q;;;;;2*+1;-1/p-1/t18-,22?;17-,21?;;;;;;/m01....../s1. The van der Waals surface area contributed by atoms with E-state index in [4.69, 9.17) is 47.5 Å². The fourth-order valence-electron chi connectivity index (χ4n) is 9.16. The number of hydrogen-bond donors (Lipinski definition) is 0. The van der Waals surface area contributed by atoms with E-state index in [1.807, 2.05) is 29.2 Å². The number of rotatable bonds is 14. The number of piperidine rings is 3. The maximum atomic E-state index is 12.2. The molecule has 0 spiro atoms. The topological polar surface area (TPSA) is 171 Å². The first-order chi connectivity index (χ1) is 33.2. The van der Waals surface area contributed by atoms with Crippen molar-refractivity contribution in [2.45, 2.75) is 95.4 Å². The number of benzene rings is 2. The SMILES string of the molecule is C=CCOC(=O)N1CCC(N2C[C@H](C)CCC2Cc2ccc(Cl)cc2)CC1.C=CCOC(=O)N1CCC(N2C[C@H](C)N(CC(=O)OC)CC2Cc2ccc(Cl)cc2)CC1.COC(=O)CBr.Cl.O=CO[O-].[H-].[K+].[K+]. The summed E-state index contributed by atoms with van der Waals surface area (Å²) in [4.78, 5) is 68.5. The van der Waals surface area contributed by atoms with E-state index < -0.39 is 0 Å². The number of nitrogens with zero attached hydrogens (tertiary/aromatic N) is 5. The molecule has 2 unspecified atom stereocenters. The third kappa shape index (κ3) is 26.1. The van der Waals surface area contributed by atoms with Gasteiger partial charge in [-0.2, -0.15) is 0 Å². The van der Waals surface area contributed by atoms with Crippen LogP contribution in [0.5, 0.6) is 0 Å². The Morgan fingerprint density at radius 3 is 1.49 bits per heavy atom. The predicted octanol–water partition coefficient (Wildman–Crippen LogP) is 1.52. The average molecular weight is 1180 g/mol. The summed E-state index contributed by atoms with van der Waals surface area (Å²) in [5.41, 5.74) is 2.58. The van der Waals surface area contributed by atoms with Gasteiger partial charge in [0.05, 0.1) is 20.8 Å². The average Bonchev–Trinajstić information content (AvgIpc) is 3.37. The van der Waals surface area contributed by atoms with Gasteiger partial charge < -0.3 is 40.3 Å². The van der Waals surface area contributed by atoms with Crippen LogP contribution in [-0.4, -0.2) is 170 Å².